The average molecular weight is 398 g/mol. The Kier molecular flexibility index (Phi) is 4.47. The second-order valence-corrected chi connectivity index (χ2v) is 7.76. The fourth-order valence-electron chi connectivity index (χ4n) is 4.09. The smallest absolute Gasteiger partial charge is 0.291 e. The third kappa shape index (κ3) is 3.20. The van der Waals surface area contributed by atoms with E-state index in [4.69, 9.17) is 0 Å². The molecule has 4 aromatic rings. The summed E-state index contributed by atoms with van der Waals surface area (Å²) >= 11 is 0. The van der Waals surface area contributed by atoms with Gasteiger partial charge < -0.3 is 9.88 Å². The lowest BCUT2D eigenvalue weighted by Crippen LogP contribution is -2.39. The largest absolute Gasteiger partial charge is 0.350 e. The number of aromatic amines is 1. The summed E-state index contributed by atoms with van der Waals surface area (Å²) in [5.41, 5.74) is 4.69. The van der Waals surface area contributed by atoms with Crippen molar-refractivity contribution in [3.05, 3.63) is 82.3 Å². The highest BCUT2D eigenvalue weighted by molar-refractivity contribution is 6.06. The van der Waals surface area contributed by atoms with E-state index in [1.807, 2.05) is 43.3 Å². The second kappa shape index (κ2) is 7.30. The maximum atomic E-state index is 12.9. The number of amides is 1. The molecule has 0 unspecified atom stereocenters. The molecule has 0 fully saturated rings. The Labute approximate surface area is 173 Å². The zero-order chi connectivity index (χ0) is 20.7. The van der Waals surface area contributed by atoms with Crippen molar-refractivity contribution in [2.75, 3.05) is 13.1 Å². The molecule has 2 aromatic heterocycles. The first-order valence-corrected chi connectivity index (χ1v) is 10.1. The van der Waals surface area contributed by atoms with E-state index in [0.29, 0.717) is 18.6 Å². The SMILES string of the molecule is Cc1ccc2[nH]c3c(=O)n(CC(=O)N4CC=C(c5ccccc5)CC4)ncc3c2c1. The predicted octanol–water partition coefficient (Wildman–Crippen LogP) is 3.50. The average Bonchev–Trinajstić information content (AvgIpc) is 3.15. The quantitative estimate of drug-likeness (QED) is 0.574. The van der Waals surface area contributed by atoms with Gasteiger partial charge in [-0.2, -0.15) is 5.10 Å². The van der Waals surface area contributed by atoms with Crippen LogP contribution in [0, 0.1) is 6.92 Å². The van der Waals surface area contributed by atoms with E-state index in [0.717, 1.165) is 28.3 Å². The van der Waals surface area contributed by atoms with Crippen molar-refractivity contribution < 1.29 is 4.79 Å². The molecule has 150 valence electrons. The van der Waals surface area contributed by atoms with E-state index in [-0.39, 0.29) is 18.0 Å². The van der Waals surface area contributed by atoms with Crippen molar-refractivity contribution in [1.29, 1.82) is 0 Å². The third-order valence-electron chi connectivity index (χ3n) is 5.76. The summed E-state index contributed by atoms with van der Waals surface area (Å²) in [5.74, 6) is -0.0979. The summed E-state index contributed by atoms with van der Waals surface area (Å²) in [6.45, 7) is 3.15. The number of nitrogens with one attached hydrogen (secondary N) is 1. The number of rotatable bonds is 3. The lowest BCUT2D eigenvalue weighted by Gasteiger charge is -2.26. The van der Waals surface area contributed by atoms with Crippen LogP contribution < -0.4 is 5.56 Å². The fourth-order valence-corrected chi connectivity index (χ4v) is 4.09. The molecule has 3 heterocycles. The molecule has 0 bridgehead atoms. The third-order valence-corrected chi connectivity index (χ3v) is 5.76. The molecule has 0 aliphatic carbocycles. The Morgan fingerprint density at radius 1 is 1.13 bits per heavy atom. The van der Waals surface area contributed by atoms with Crippen LogP contribution in [0.25, 0.3) is 27.4 Å². The number of fused-ring (bicyclic) bond motifs is 3. The molecule has 1 aliphatic heterocycles. The molecule has 1 aliphatic rings. The van der Waals surface area contributed by atoms with E-state index in [9.17, 15) is 9.59 Å². The van der Waals surface area contributed by atoms with Crippen molar-refractivity contribution in [2.24, 2.45) is 0 Å². The van der Waals surface area contributed by atoms with Crippen LogP contribution in [0.15, 0.2) is 65.6 Å². The molecule has 0 spiro atoms. The summed E-state index contributed by atoms with van der Waals surface area (Å²) < 4.78 is 1.25. The van der Waals surface area contributed by atoms with Crippen molar-refractivity contribution in [2.45, 2.75) is 19.9 Å². The van der Waals surface area contributed by atoms with Gasteiger partial charge in [0, 0.05) is 29.4 Å². The topological polar surface area (TPSA) is 71.0 Å². The molecule has 2 aromatic carbocycles. The number of hydrogen-bond acceptors (Lipinski definition) is 3. The Morgan fingerprint density at radius 2 is 1.97 bits per heavy atom. The Bertz CT molecular complexity index is 1350. The number of carbonyl (C=O) groups excluding carboxylic acids is 1. The minimum absolute atomic E-state index is 0.0579. The molecule has 6 heteroatoms. The van der Waals surface area contributed by atoms with Crippen molar-refractivity contribution in [3.63, 3.8) is 0 Å². The fraction of sp³-hybridized carbons (Fsp3) is 0.208. The maximum Gasteiger partial charge on any atom is 0.291 e. The van der Waals surface area contributed by atoms with E-state index >= 15 is 0 Å². The van der Waals surface area contributed by atoms with Crippen LogP contribution in [0.5, 0.6) is 0 Å². The minimum Gasteiger partial charge on any atom is -0.350 e. The van der Waals surface area contributed by atoms with Gasteiger partial charge >= 0.3 is 0 Å². The molecule has 1 amide bonds. The van der Waals surface area contributed by atoms with Crippen LogP contribution in [-0.2, 0) is 11.3 Å². The summed E-state index contributed by atoms with van der Waals surface area (Å²) in [6, 6.07) is 16.2. The number of nitrogens with zero attached hydrogens (tertiary/aromatic N) is 3. The highest BCUT2D eigenvalue weighted by Gasteiger charge is 2.20. The summed E-state index contributed by atoms with van der Waals surface area (Å²) in [7, 11) is 0. The van der Waals surface area contributed by atoms with Gasteiger partial charge in [-0.05, 0) is 36.6 Å². The van der Waals surface area contributed by atoms with Gasteiger partial charge in [0.25, 0.3) is 5.56 Å². The van der Waals surface area contributed by atoms with Gasteiger partial charge in [0.15, 0.2) is 0 Å². The van der Waals surface area contributed by atoms with Crippen LogP contribution in [0.1, 0.15) is 17.5 Å². The van der Waals surface area contributed by atoms with E-state index in [1.165, 1.54) is 15.8 Å². The van der Waals surface area contributed by atoms with Crippen LogP contribution in [0.3, 0.4) is 0 Å². The molecule has 0 saturated carbocycles. The summed E-state index contributed by atoms with van der Waals surface area (Å²) in [4.78, 5) is 30.7. The maximum absolute atomic E-state index is 12.9. The first kappa shape index (κ1) is 18.4. The van der Waals surface area contributed by atoms with Gasteiger partial charge in [-0.15, -0.1) is 0 Å². The summed E-state index contributed by atoms with van der Waals surface area (Å²) in [6.07, 6.45) is 4.57. The van der Waals surface area contributed by atoms with Crippen LogP contribution in [0.4, 0.5) is 0 Å². The lowest BCUT2D eigenvalue weighted by molar-refractivity contribution is -0.131. The second-order valence-electron chi connectivity index (χ2n) is 7.76. The molecule has 30 heavy (non-hydrogen) atoms. The monoisotopic (exact) mass is 398 g/mol. The number of H-pyrrole nitrogens is 1. The number of carbonyl (C=O) groups is 1. The van der Waals surface area contributed by atoms with Gasteiger partial charge in [-0.3, -0.25) is 9.59 Å². The van der Waals surface area contributed by atoms with Gasteiger partial charge in [0.05, 0.1) is 6.20 Å². The summed E-state index contributed by atoms with van der Waals surface area (Å²) in [5, 5.41) is 6.04. The Hall–Kier alpha value is -3.67. The van der Waals surface area contributed by atoms with Gasteiger partial charge in [-0.25, -0.2) is 4.68 Å². The van der Waals surface area contributed by atoms with E-state index in [2.05, 4.69) is 28.3 Å². The zero-order valence-electron chi connectivity index (χ0n) is 16.8. The number of aromatic nitrogens is 3. The van der Waals surface area contributed by atoms with Gasteiger partial charge in [0.2, 0.25) is 5.91 Å². The number of benzene rings is 2. The van der Waals surface area contributed by atoms with Crippen LogP contribution in [-0.4, -0.2) is 38.7 Å². The predicted molar refractivity (Wildman–Crippen MR) is 118 cm³/mol. The molecule has 0 saturated heterocycles. The normalized spacial score (nSPS) is 14.3. The van der Waals surface area contributed by atoms with Gasteiger partial charge in [0.1, 0.15) is 12.1 Å². The van der Waals surface area contributed by atoms with Crippen molar-refractivity contribution >= 4 is 33.3 Å². The molecule has 1 N–H and O–H groups in total. The van der Waals surface area contributed by atoms with Crippen molar-refractivity contribution in [3.8, 4) is 0 Å². The number of aryl methyl sites for hydroxylation is 1. The number of hydrogen-bond donors (Lipinski definition) is 1. The Morgan fingerprint density at radius 3 is 2.73 bits per heavy atom. The lowest BCUT2D eigenvalue weighted by atomic mass is 9.99. The Balaban J connectivity index is 1.37. The van der Waals surface area contributed by atoms with Crippen molar-refractivity contribution in [1.82, 2.24) is 19.7 Å². The molecular formula is C24H22N4O2. The minimum atomic E-state index is -0.271. The highest BCUT2D eigenvalue weighted by atomic mass is 16.2. The molecule has 5 rings (SSSR count). The van der Waals surface area contributed by atoms with E-state index in [1.54, 1.807) is 11.1 Å². The van der Waals surface area contributed by atoms with Gasteiger partial charge in [-0.1, -0.05) is 48.0 Å². The van der Waals surface area contributed by atoms with Crippen LogP contribution in [0.2, 0.25) is 0 Å². The van der Waals surface area contributed by atoms with E-state index < -0.39 is 0 Å². The zero-order valence-corrected chi connectivity index (χ0v) is 16.8. The molecule has 6 nitrogen and oxygen atoms in total. The first-order chi connectivity index (χ1) is 14.6. The first-order valence-electron chi connectivity index (χ1n) is 10.1. The van der Waals surface area contributed by atoms with Crippen LogP contribution >= 0.6 is 0 Å². The standard InChI is InChI=1S/C24H22N4O2/c1-16-7-8-21-19(13-16)20-14-25-28(24(30)23(20)26-21)15-22(29)27-11-9-18(10-12-27)17-5-3-2-4-6-17/h2-9,13-14,26H,10-12,15H2,1H3. The molecule has 0 atom stereocenters. The molecular weight excluding hydrogens is 376 g/mol. The highest BCUT2D eigenvalue weighted by Crippen LogP contribution is 2.24. The molecule has 0 radical (unpaired) electrons.